The number of nitrogens with zero attached hydrogens (tertiary/aromatic N) is 2. The Balaban J connectivity index is 0.00000162. The lowest BCUT2D eigenvalue weighted by atomic mass is 9.98. The highest BCUT2D eigenvalue weighted by molar-refractivity contribution is 5.85. The molecule has 0 saturated carbocycles. The first-order valence-corrected chi connectivity index (χ1v) is 7.07. The zero-order chi connectivity index (χ0) is 12.1. The number of aliphatic hydroxyl groups is 1. The van der Waals surface area contributed by atoms with Crippen molar-refractivity contribution in [3.63, 3.8) is 0 Å². The first kappa shape index (κ1) is 16.2. The van der Waals surface area contributed by atoms with Crippen LogP contribution < -0.4 is 5.32 Å². The molecule has 0 aliphatic carbocycles. The number of nitrogens with one attached hydrogen (secondary N) is 1. The van der Waals surface area contributed by atoms with Gasteiger partial charge in [0, 0.05) is 38.8 Å². The standard InChI is InChI=1S/C13H27N3O.ClH/c1-12-10-15(5-6-16(12)7-8-17)11-13-3-2-4-14-9-13;/h12-14,17H,2-11H2,1H3;1H. The fourth-order valence-corrected chi connectivity index (χ4v) is 3.14. The number of piperidine rings is 1. The fourth-order valence-electron chi connectivity index (χ4n) is 3.14. The Hall–Kier alpha value is 0.130. The molecule has 2 saturated heterocycles. The van der Waals surface area contributed by atoms with Crippen LogP contribution in [0.2, 0.25) is 0 Å². The molecule has 2 unspecified atom stereocenters. The van der Waals surface area contributed by atoms with Gasteiger partial charge in [0.25, 0.3) is 0 Å². The van der Waals surface area contributed by atoms with E-state index < -0.39 is 0 Å². The third-order valence-corrected chi connectivity index (χ3v) is 4.15. The van der Waals surface area contributed by atoms with Crippen molar-refractivity contribution in [3.05, 3.63) is 0 Å². The molecule has 0 aromatic heterocycles. The van der Waals surface area contributed by atoms with Gasteiger partial charge in [-0.3, -0.25) is 4.90 Å². The molecule has 5 heteroatoms. The van der Waals surface area contributed by atoms with Crippen molar-refractivity contribution in [2.75, 3.05) is 52.4 Å². The molecule has 0 spiro atoms. The molecule has 4 nitrogen and oxygen atoms in total. The second-order valence-corrected chi connectivity index (χ2v) is 5.58. The zero-order valence-electron chi connectivity index (χ0n) is 11.5. The van der Waals surface area contributed by atoms with Crippen LogP contribution in [0.4, 0.5) is 0 Å². The molecule has 0 amide bonds. The summed E-state index contributed by atoms with van der Waals surface area (Å²) in [5, 5.41) is 12.5. The highest BCUT2D eigenvalue weighted by atomic mass is 35.5. The largest absolute Gasteiger partial charge is 0.395 e. The van der Waals surface area contributed by atoms with Gasteiger partial charge in [0.1, 0.15) is 0 Å². The van der Waals surface area contributed by atoms with Crippen molar-refractivity contribution in [3.8, 4) is 0 Å². The van der Waals surface area contributed by atoms with Crippen LogP contribution in [0.3, 0.4) is 0 Å². The van der Waals surface area contributed by atoms with Crippen molar-refractivity contribution in [1.82, 2.24) is 15.1 Å². The lowest BCUT2D eigenvalue weighted by molar-refractivity contribution is 0.0577. The first-order valence-electron chi connectivity index (χ1n) is 7.07. The van der Waals surface area contributed by atoms with E-state index in [1.165, 1.54) is 39.0 Å². The van der Waals surface area contributed by atoms with Crippen molar-refractivity contribution < 1.29 is 5.11 Å². The van der Waals surface area contributed by atoms with E-state index >= 15 is 0 Å². The third kappa shape index (κ3) is 4.67. The van der Waals surface area contributed by atoms with Crippen LogP contribution in [0, 0.1) is 5.92 Å². The average molecular weight is 278 g/mol. The Labute approximate surface area is 117 Å². The molecule has 2 rings (SSSR count). The molecule has 108 valence electrons. The fraction of sp³-hybridized carbons (Fsp3) is 1.00. The topological polar surface area (TPSA) is 38.7 Å². The molecule has 2 N–H and O–H groups in total. The Morgan fingerprint density at radius 2 is 2.17 bits per heavy atom. The maximum Gasteiger partial charge on any atom is 0.0558 e. The lowest BCUT2D eigenvalue weighted by Gasteiger charge is -2.41. The second kappa shape index (κ2) is 8.33. The summed E-state index contributed by atoms with van der Waals surface area (Å²) in [6.45, 7) is 10.5. The first-order chi connectivity index (χ1) is 8.29. The van der Waals surface area contributed by atoms with Gasteiger partial charge in [-0.15, -0.1) is 12.4 Å². The Morgan fingerprint density at radius 3 is 2.78 bits per heavy atom. The van der Waals surface area contributed by atoms with Gasteiger partial charge >= 0.3 is 0 Å². The van der Waals surface area contributed by atoms with E-state index in [4.69, 9.17) is 5.11 Å². The molecule has 0 aromatic rings. The minimum atomic E-state index is 0. The summed E-state index contributed by atoms with van der Waals surface area (Å²) in [7, 11) is 0. The number of rotatable bonds is 4. The molecule has 2 heterocycles. The van der Waals surface area contributed by atoms with Gasteiger partial charge in [0.15, 0.2) is 0 Å². The Kier molecular flexibility index (Phi) is 7.49. The molecule has 2 fully saturated rings. The normalized spacial score (nSPS) is 31.0. The molecule has 2 aliphatic rings. The number of halogens is 1. The average Bonchev–Trinajstić information content (AvgIpc) is 2.34. The molecular weight excluding hydrogens is 250 g/mol. The van der Waals surface area contributed by atoms with Gasteiger partial charge in [-0.1, -0.05) is 0 Å². The summed E-state index contributed by atoms with van der Waals surface area (Å²) in [6.07, 6.45) is 2.73. The highest BCUT2D eigenvalue weighted by Crippen LogP contribution is 2.15. The summed E-state index contributed by atoms with van der Waals surface area (Å²) in [5.74, 6) is 0.848. The predicted octanol–water partition coefficient (Wildman–Crippen LogP) is 0.406. The van der Waals surface area contributed by atoms with Crippen LogP contribution in [-0.2, 0) is 0 Å². The summed E-state index contributed by atoms with van der Waals surface area (Å²) in [4.78, 5) is 5.01. The van der Waals surface area contributed by atoms with Crippen molar-refractivity contribution in [1.29, 1.82) is 0 Å². The summed E-state index contributed by atoms with van der Waals surface area (Å²) >= 11 is 0. The number of aliphatic hydroxyl groups excluding tert-OH is 1. The summed E-state index contributed by atoms with van der Waals surface area (Å²) in [6, 6.07) is 0.590. The molecule has 2 aliphatic heterocycles. The molecule has 18 heavy (non-hydrogen) atoms. The van der Waals surface area contributed by atoms with E-state index in [1.54, 1.807) is 0 Å². The van der Waals surface area contributed by atoms with Gasteiger partial charge in [-0.05, 0) is 38.8 Å². The molecular formula is C13H28ClN3O. The molecule has 2 atom stereocenters. The van der Waals surface area contributed by atoms with E-state index in [-0.39, 0.29) is 19.0 Å². The van der Waals surface area contributed by atoms with Crippen molar-refractivity contribution >= 4 is 12.4 Å². The van der Waals surface area contributed by atoms with E-state index in [2.05, 4.69) is 22.0 Å². The van der Waals surface area contributed by atoms with E-state index in [0.717, 1.165) is 25.6 Å². The molecule has 0 aromatic carbocycles. The molecule has 0 radical (unpaired) electrons. The van der Waals surface area contributed by atoms with Crippen LogP contribution in [0.25, 0.3) is 0 Å². The van der Waals surface area contributed by atoms with E-state index in [9.17, 15) is 0 Å². The van der Waals surface area contributed by atoms with E-state index in [0.29, 0.717) is 6.04 Å². The molecule has 0 bridgehead atoms. The lowest BCUT2D eigenvalue weighted by Crippen LogP contribution is -2.54. The van der Waals surface area contributed by atoms with Gasteiger partial charge in [-0.2, -0.15) is 0 Å². The third-order valence-electron chi connectivity index (χ3n) is 4.15. The number of hydrogen-bond donors (Lipinski definition) is 2. The minimum Gasteiger partial charge on any atom is -0.395 e. The maximum absolute atomic E-state index is 9.00. The van der Waals surface area contributed by atoms with Crippen LogP contribution in [0.15, 0.2) is 0 Å². The second-order valence-electron chi connectivity index (χ2n) is 5.58. The van der Waals surface area contributed by atoms with Gasteiger partial charge in [-0.25, -0.2) is 0 Å². The maximum atomic E-state index is 9.00. The minimum absolute atomic E-state index is 0. The summed E-state index contributed by atoms with van der Waals surface area (Å²) < 4.78 is 0. The van der Waals surface area contributed by atoms with Crippen LogP contribution in [-0.4, -0.2) is 73.4 Å². The van der Waals surface area contributed by atoms with E-state index in [1.807, 2.05) is 0 Å². The van der Waals surface area contributed by atoms with Gasteiger partial charge < -0.3 is 15.3 Å². The van der Waals surface area contributed by atoms with Crippen LogP contribution in [0.5, 0.6) is 0 Å². The smallest absolute Gasteiger partial charge is 0.0558 e. The predicted molar refractivity (Wildman–Crippen MR) is 77.4 cm³/mol. The van der Waals surface area contributed by atoms with Gasteiger partial charge in [0.05, 0.1) is 6.61 Å². The van der Waals surface area contributed by atoms with Crippen molar-refractivity contribution in [2.45, 2.75) is 25.8 Å². The number of β-amino-alcohol motifs (C(OH)–C–C–N with tert-alkyl or cyclic N) is 1. The zero-order valence-corrected chi connectivity index (χ0v) is 12.3. The highest BCUT2D eigenvalue weighted by Gasteiger charge is 2.25. The SMILES string of the molecule is CC1CN(CC2CCCNC2)CCN1CCO.Cl. The number of piperazine rings is 1. The van der Waals surface area contributed by atoms with Crippen LogP contribution in [0.1, 0.15) is 19.8 Å². The Morgan fingerprint density at radius 1 is 1.33 bits per heavy atom. The summed E-state index contributed by atoms with van der Waals surface area (Å²) in [5.41, 5.74) is 0. The number of hydrogen-bond acceptors (Lipinski definition) is 4. The van der Waals surface area contributed by atoms with Crippen LogP contribution >= 0.6 is 12.4 Å². The quantitative estimate of drug-likeness (QED) is 0.781. The monoisotopic (exact) mass is 277 g/mol. The van der Waals surface area contributed by atoms with Crippen molar-refractivity contribution in [2.24, 2.45) is 5.92 Å². The Bertz CT molecular complexity index is 224. The van der Waals surface area contributed by atoms with Gasteiger partial charge in [0.2, 0.25) is 0 Å².